The van der Waals surface area contributed by atoms with Gasteiger partial charge in [-0.15, -0.1) is 0 Å². The van der Waals surface area contributed by atoms with Crippen molar-refractivity contribution in [2.45, 2.75) is 57.7 Å². The molecule has 0 aliphatic carbocycles. The summed E-state index contributed by atoms with van der Waals surface area (Å²) in [6.07, 6.45) is 2.49. The molecule has 0 radical (unpaired) electrons. The van der Waals surface area contributed by atoms with E-state index < -0.39 is 11.5 Å². The lowest BCUT2D eigenvalue weighted by Crippen LogP contribution is -2.67. The normalized spacial score (nSPS) is 25.9. The minimum Gasteiger partial charge on any atom is -0.478 e. The number of carbonyl (C=O) groups is 2. The van der Waals surface area contributed by atoms with Gasteiger partial charge in [-0.3, -0.25) is 10.1 Å². The second kappa shape index (κ2) is 7.27. The van der Waals surface area contributed by atoms with Gasteiger partial charge < -0.3 is 15.7 Å². The van der Waals surface area contributed by atoms with E-state index in [4.69, 9.17) is 5.11 Å². The van der Waals surface area contributed by atoms with Crippen molar-refractivity contribution in [1.29, 1.82) is 0 Å². The summed E-state index contributed by atoms with van der Waals surface area (Å²) < 4.78 is 0. The zero-order valence-corrected chi connectivity index (χ0v) is 15.2. The van der Waals surface area contributed by atoms with Crippen LogP contribution in [-0.2, 0) is 9.59 Å². The Balaban J connectivity index is 2.15. The monoisotopic (exact) mass is 345 g/mol. The number of hydrogen-bond donors (Lipinski definition) is 4. The molecule has 0 spiro atoms. The first kappa shape index (κ1) is 19.0. The van der Waals surface area contributed by atoms with Gasteiger partial charge >= 0.3 is 5.97 Å². The van der Waals surface area contributed by atoms with Crippen LogP contribution in [0.1, 0.15) is 40.5 Å². The molecule has 2 rings (SSSR count). The van der Waals surface area contributed by atoms with Crippen LogP contribution in [0.25, 0.3) is 0 Å². The maximum Gasteiger partial charge on any atom is 0.330 e. The number of benzene rings is 1. The van der Waals surface area contributed by atoms with Crippen LogP contribution in [0, 0.1) is 0 Å². The fourth-order valence-electron chi connectivity index (χ4n) is 3.62. The van der Waals surface area contributed by atoms with Crippen molar-refractivity contribution < 1.29 is 14.7 Å². The fourth-order valence-corrected chi connectivity index (χ4v) is 3.62. The van der Waals surface area contributed by atoms with Crippen molar-refractivity contribution in [3.8, 4) is 0 Å². The van der Waals surface area contributed by atoms with Gasteiger partial charge in [0.2, 0.25) is 5.91 Å². The number of aliphatic carboxylic acids is 1. The number of anilines is 1. The molecule has 25 heavy (non-hydrogen) atoms. The quantitative estimate of drug-likeness (QED) is 0.616. The average molecular weight is 345 g/mol. The third-order valence-electron chi connectivity index (χ3n) is 4.33. The standard InChI is InChI=1S/C19H27N3O3/c1-13(10-16(23)24)20-15-11-18(2,3)22-19(4,12-15)17(25)21-14-8-6-5-7-9-14/h5-10,15,20,22H,11-12H2,1-4H3,(H,21,25)(H,23,24)/b13-10-. The van der Waals surface area contributed by atoms with Crippen molar-refractivity contribution in [3.05, 3.63) is 42.1 Å². The van der Waals surface area contributed by atoms with E-state index in [9.17, 15) is 9.59 Å². The van der Waals surface area contributed by atoms with E-state index in [2.05, 4.69) is 16.0 Å². The van der Waals surface area contributed by atoms with Gasteiger partial charge in [0.15, 0.2) is 0 Å². The maximum absolute atomic E-state index is 12.9. The molecule has 6 nitrogen and oxygen atoms in total. The van der Waals surface area contributed by atoms with Gasteiger partial charge in [-0.25, -0.2) is 4.79 Å². The molecule has 1 fully saturated rings. The molecule has 1 aromatic carbocycles. The van der Waals surface area contributed by atoms with Crippen LogP contribution in [0.4, 0.5) is 5.69 Å². The molecular formula is C19H27N3O3. The molecule has 1 amide bonds. The SMILES string of the molecule is C/C(=C/C(=O)O)NC1CC(C)(C)NC(C)(C(=O)Nc2ccccc2)C1. The molecule has 1 saturated heterocycles. The average Bonchev–Trinajstić information content (AvgIpc) is 2.45. The number of nitrogens with one attached hydrogen (secondary N) is 3. The fraction of sp³-hybridized carbons (Fsp3) is 0.474. The Bertz CT molecular complexity index is 670. The van der Waals surface area contributed by atoms with Crippen LogP contribution in [0.5, 0.6) is 0 Å². The van der Waals surface area contributed by atoms with Gasteiger partial charge in [0.25, 0.3) is 0 Å². The smallest absolute Gasteiger partial charge is 0.330 e. The van der Waals surface area contributed by atoms with Gasteiger partial charge in [-0.2, -0.15) is 0 Å². The van der Waals surface area contributed by atoms with Gasteiger partial charge in [0.1, 0.15) is 0 Å². The topological polar surface area (TPSA) is 90.5 Å². The lowest BCUT2D eigenvalue weighted by Gasteiger charge is -2.47. The van der Waals surface area contributed by atoms with E-state index in [-0.39, 0.29) is 17.5 Å². The molecule has 1 aliphatic heterocycles. The number of hydrogen-bond acceptors (Lipinski definition) is 4. The number of allylic oxidation sites excluding steroid dienone is 1. The zero-order valence-electron chi connectivity index (χ0n) is 15.2. The third-order valence-corrected chi connectivity index (χ3v) is 4.33. The molecule has 0 bridgehead atoms. The molecular weight excluding hydrogens is 318 g/mol. The number of amides is 1. The van der Waals surface area contributed by atoms with E-state index in [0.717, 1.165) is 18.2 Å². The van der Waals surface area contributed by atoms with Crippen molar-refractivity contribution in [2.24, 2.45) is 0 Å². The van der Waals surface area contributed by atoms with Crippen molar-refractivity contribution >= 4 is 17.6 Å². The highest BCUT2D eigenvalue weighted by molar-refractivity contribution is 5.98. The second-order valence-electron chi connectivity index (χ2n) is 7.58. The van der Waals surface area contributed by atoms with Crippen molar-refractivity contribution in [1.82, 2.24) is 10.6 Å². The summed E-state index contributed by atoms with van der Waals surface area (Å²) in [7, 11) is 0. The second-order valence-corrected chi connectivity index (χ2v) is 7.58. The number of carboxylic acid groups (broad SMARTS) is 1. The van der Waals surface area contributed by atoms with E-state index in [1.54, 1.807) is 6.92 Å². The zero-order chi connectivity index (χ0) is 18.7. The summed E-state index contributed by atoms with van der Waals surface area (Å²) in [6, 6.07) is 9.35. The summed E-state index contributed by atoms with van der Waals surface area (Å²) in [5.74, 6) is -1.08. The van der Waals surface area contributed by atoms with Crippen molar-refractivity contribution in [2.75, 3.05) is 5.32 Å². The highest BCUT2D eigenvalue weighted by Gasteiger charge is 2.45. The van der Waals surface area contributed by atoms with Gasteiger partial charge in [-0.1, -0.05) is 18.2 Å². The third kappa shape index (κ3) is 5.32. The Hall–Kier alpha value is -2.34. The molecule has 6 heteroatoms. The maximum atomic E-state index is 12.9. The van der Waals surface area contributed by atoms with Crippen LogP contribution in [-0.4, -0.2) is 34.1 Å². The Morgan fingerprint density at radius 3 is 2.44 bits per heavy atom. The van der Waals surface area contributed by atoms with Crippen molar-refractivity contribution in [3.63, 3.8) is 0 Å². The van der Waals surface area contributed by atoms with E-state index in [1.807, 2.05) is 51.1 Å². The predicted molar refractivity (Wildman–Crippen MR) is 98.2 cm³/mol. The minimum absolute atomic E-state index is 0.00151. The number of carbonyl (C=O) groups excluding carboxylic acids is 1. The minimum atomic E-state index is -0.984. The summed E-state index contributed by atoms with van der Waals surface area (Å²) >= 11 is 0. The van der Waals surface area contributed by atoms with Crippen LogP contribution >= 0.6 is 0 Å². The largest absolute Gasteiger partial charge is 0.478 e. The molecule has 0 aromatic heterocycles. The first-order valence-electron chi connectivity index (χ1n) is 8.43. The lowest BCUT2D eigenvalue weighted by atomic mass is 9.78. The van der Waals surface area contributed by atoms with Crippen LogP contribution in [0.2, 0.25) is 0 Å². The first-order chi connectivity index (χ1) is 11.6. The van der Waals surface area contributed by atoms with Crippen LogP contribution in [0.15, 0.2) is 42.1 Å². The molecule has 1 heterocycles. The van der Waals surface area contributed by atoms with Gasteiger partial charge in [0.05, 0.1) is 5.54 Å². The summed E-state index contributed by atoms with van der Waals surface area (Å²) in [6.45, 7) is 7.71. The molecule has 1 aromatic rings. The molecule has 1 aliphatic rings. The lowest BCUT2D eigenvalue weighted by molar-refractivity contribution is -0.131. The number of para-hydroxylation sites is 1. The van der Waals surface area contributed by atoms with Crippen LogP contribution in [0.3, 0.4) is 0 Å². The Labute approximate surface area is 148 Å². The van der Waals surface area contributed by atoms with E-state index >= 15 is 0 Å². The van der Waals surface area contributed by atoms with Crippen LogP contribution < -0.4 is 16.0 Å². The Morgan fingerprint density at radius 1 is 1.20 bits per heavy atom. The van der Waals surface area contributed by atoms with E-state index in [0.29, 0.717) is 12.1 Å². The highest BCUT2D eigenvalue weighted by Crippen LogP contribution is 2.30. The molecule has 2 atom stereocenters. The number of carboxylic acids is 1. The summed E-state index contributed by atoms with van der Waals surface area (Å²) in [4.78, 5) is 23.7. The summed E-state index contributed by atoms with van der Waals surface area (Å²) in [5, 5.41) is 18.5. The molecule has 0 saturated carbocycles. The van der Waals surface area contributed by atoms with Gasteiger partial charge in [0, 0.05) is 29.0 Å². The van der Waals surface area contributed by atoms with E-state index in [1.165, 1.54) is 0 Å². The number of rotatable bonds is 5. The Morgan fingerprint density at radius 2 is 1.84 bits per heavy atom. The molecule has 2 unspecified atom stereocenters. The summed E-state index contributed by atoms with van der Waals surface area (Å²) in [5.41, 5.74) is 0.312. The van der Waals surface area contributed by atoms with Gasteiger partial charge in [-0.05, 0) is 52.7 Å². The predicted octanol–water partition coefficient (Wildman–Crippen LogP) is 2.49. The first-order valence-corrected chi connectivity index (χ1v) is 8.43. The Kier molecular flexibility index (Phi) is 5.52. The molecule has 136 valence electrons. The number of piperidine rings is 1. The molecule has 4 N–H and O–H groups in total. The highest BCUT2D eigenvalue weighted by atomic mass is 16.4.